The van der Waals surface area contributed by atoms with E-state index in [1.54, 1.807) is 12.1 Å². The molecule has 0 amide bonds. The van der Waals surface area contributed by atoms with Gasteiger partial charge in [0.05, 0.1) is 0 Å². The van der Waals surface area contributed by atoms with Crippen molar-refractivity contribution in [1.82, 2.24) is 0 Å². The molecule has 82 valence electrons. The van der Waals surface area contributed by atoms with Gasteiger partial charge >= 0.3 is 0 Å². The molecule has 1 heteroatoms. The van der Waals surface area contributed by atoms with Crippen molar-refractivity contribution in [3.8, 4) is 5.75 Å². The average molecular weight is 212 g/mol. The largest absolute Gasteiger partial charge is 0.508 e. The molecule has 0 aliphatic heterocycles. The van der Waals surface area contributed by atoms with Crippen LogP contribution in [0, 0.1) is 0 Å². The molecule has 0 spiro atoms. The summed E-state index contributed by atoms with van der Waals surface area (Å²) < 4.78 is 0. The Morgan fingerprint density at radius 3 is 2.69 bits per heavy atom. The number of benzene rings is 1. The standard InChI is InChI=1S/C15H16O/c16-15-11-9-14(10-12-15)8-4-7-13-5-2-1-3-6-13/h1-2,4-5,7,9-12,16H,3,6,8H2. The molecular formula is C15H16O. The molecule has 0 atom stereocenters. The summed E-state index contributed by atoms with van der Waals surface area (Å²) >= 11 is 0. The molecule has 1 aliphatic rings. The second kappa shape index (κ2) is 5.36. The molecule has 0 bridgehead atoms. The van der Waals surface area contributed by atoms with E-state index in [1.165, 1.54) is 11.1 Å². The lowest BCUT2D eigenvalue weighted by Gasteiger charge is -2.03. The first-order valence-electron chi connectivity index (χ1n) is 5.65. The number of rotatable bonds is 3. The van der Waals surface area contributed by atoms with E-state index >= 15 is 0 Å². The van der Waals surface area contributed by atoms with Crippen LogP contribution in [0.25, 0.3) is 0 Å². The Morgan fingerprint density at radius 1 is 1.19 bits per heavy atom. The van der Waals surface area contributed by atoms with Crippen molar-refractivity contribution in [3.05, 3.63) is 65.8 Å². The van der Waals surface area contributed by atoms with Crippen molar-refractivity contribution < 1.29 is 5.11 Å². The minimum atomic E-state index is 0.327. The lowest BCUT2D eigenvalue weighted by atomic mass is 10.0. The topological polar surface area (TPSA) is 20.2 Å². The van der Waals surface area contributed by atoms with Crippen molar-refractivity contribution >= 4 is 0 Å². The summed E-state index contributed by atoms with van der Waals surface area (Å²) in [6, 6.07) is 7.36. The van der Waals surface area contributed by atoms with Gasteiger partial charge in [0.1, 0.15) is 5.75 Å². The second-order valence-corrected chi connectivity index (χ2v) is 3.98. The summed E-state index contributed by atoms with van der Waals surface area (Å²) in [6.45, 7) is 0. The number of hydrogen-bond acceptors (Lipinski definition) is 1. The van der Waals surface area contributed by atoms with E-state index in [2.05, 4.69) is 30.4 Å². The zero-order valence-electron chi connectivity index (χ0n) is 9.26. The fourth-order valence-electron chi connectivity index (χ4n) is 1.74. The molecule has 0 saturated heterocycles. The van der Waals surface area contributed by atoms with Gasteiger partial charge in [0.2, 0.25) is 0 Å². The summed E-state index contributed by atoms with van der Waals surface area (Å²) in [5, 5.41) is 9.15. The van der Waals surface area contributed by atoms with E-state index < -0.39 is 0 Å². The van der Waals surface area contributed by atoms with Gasteiger partial charge in [-0.2, -0.15) is 0 Å². The molecule has 0 saturated carbocycles. The Hall–Kier alpha value is -1.76. The van der Waals surface area contributed by atoms with E-state index in [0.717, 1.165) is 19.3 Å². The van der Waals surface area contributed by atoms with Crippen LogP contribution in [0.15, 0.2) is 60.2 Å². The van der Waals surface area contributed by atoms with E-state index in [4.69, 9.17) is 5.11 Å². The van der Waals surface area contributed by atoms with Gasteiger partial charge in [-0.1, -0.05) is 42.5 Å². The monoisotopic (exact) mass is 212 g/mol. The maximum Gasteiger partial charge on any atom is 0.115 e. The minimum Gasteiger partial charge on any atom is -0.508 e. The summed E-state index contributed by atoms with van der Waals surface area (Å²) in [4.78, 5) is 0. The summed E-state index contributed by atoms with van der Waals surface area (Å²) in [7, 11) is 0. The van der Waals surface area contributed by atoms with Crippen LogP contribution in [0.5, 0.6) is 5.75 Å². The molecule has 1 aromatic rings. The maximum absolute atomic E-state index is 9.15. The van der Waals surface area contributed by atoms with Gasteiger partial charge in [-0.15, -0.1) is 0 Å². The molecule has 16 heavy (non-hydrogen) atoms. The molecule has 0 heterocycles. The zero-order valence-corrected chi connectivity index (χ0v) is 9.26. The third-order valence-corrected chi connectivity index (χ3v) is 2.67. The molecule has 0 aromatic heterocycles. The van der Waals surface area contributed by atoms with E-state index in [-0.39, 0.29) is 0 Å². The highest BCUT2D eigenvalue weighted by Gasteiger charge is 1.94. The molecule has 2 rings (SSSR count). The molecule has 1 aromatic carbocycles. The average Bonchev–Trinajstić information content (AvgIpc) is 2.33. The fourth-order valence-corrected chi connectivity index (χ4v) is 1.74. The van der Waals surface area contributed by atoms with Crippen LogP contribution < -0.4 is 0 Å². The number of hydrogen-bond donors (Lipinski definition) is 1. The molecule has 1 nitrogen and oxygen atoms in total. The van der Waals surface area contributed by atoms with Crippen LogP contribution in [-0.4, -0.2) is 5.11 Å². The highest BCUT2D eigenvalue weighted by Crippen LogP contribution is 2.14. The summed E-state index contributed by atoms with van der Waals surface area (Å²) in [6.07, 6.45) is 14.0. The van der Waals surface area contributed by atoms with E-state index in [1.807, 2.05) is 12.1 Å². The van der Waals surface area contributed by atoms with Crippen LogP contribution in [-0.2, 0) is 6.42 Å². The Labute approximate surface area is 96.4 Å². The Kier molecular flexibility index (Phi) is 3.60. The van der Waals surface area contributed by atoms with Crippen LogP contribution in [0.2, 0.25) is 0 Å². The van der Waals surface area contributed by atoms with E-state index in [9.17, 15) is 0 Å². The number of aromatic hydroxyl groups is 1. The number of phenolic OH excluding ortho intramolecular Hbond substituents is 1. The Morgan fingerprint density at radius 2 is 2.00 bits per heavy atom. The SMILES string of the molecule is Oc1ccc(CC=CC2=CC=CCC2)cc1. The van der Waals surface area contributed by atoms with Crippen molar-refractivity contribution in [2.24, 2.45) is 0 Å². The normalized spacial score (nSPS) is 15.4. The van der Waals surface area contributed by atoms with Crippen LogP contribution in [0.3, 0.4) is 0 Å². The summed E-state index contributed by atoms with van der Waals surface area (Å²) in [5.41, 5.74) is 2.61. The van der Waals surface area contributed by atoms with Gasteiger partial charge in [-0.05, 0) is 42.5 Å². The molecule has 0 fully saturated rings. The first-order chi connectivity index (χ1) is 7.84. The third kappa shape index (κ3) is 3.13. The lowest BCUT2D eigenvalue weighted by Crippen LogP contribution is -1.84. The summed E-state index contributed by atoms with van der Waals surface area (Å²) in [5.74, 6) is 0.327. The lowest BCUT2D eigenvalue weighted by molar-refractivity contribution is 0.475. The molecule has 0 unspecified atom stereocenters. The van der Waals surface area contributed by atoms with Crippen molar-refractivity contribution in [2.45, 2.75) is 19.3 Å². The predicted molar refractivity (Wildman–Crippen MR) is 67.4 cm³/mol. The minimum absolute atomic E-state index is 0.327. The van der Waals surface area contributed by atoms with Crippen LogP contribution in [0.1, 0.15) is 18.4 Å². The Balaban J connectivity index is 1.91. The van der Waals surface area contributed by atoms with Crippen molar-refractivity contribution in [1.29, 1.82) is 0 Å². The van der Waals surface area contributed by atoms with Gasteiger partial charge in [0, 0.05) is 0 Å². The van der Waals surface area contributed by atoms with Gasteiger partial charge in [-0.3, -0.25) is 0 Å². The number of allylic oxidation sites excluding steroid dienone is 6. The van der Waals surface area contributed by atoms with Crippen LogP contribution >= 0.6 is 0 Å². The first kappa shape index (κ1) is 10.7. The molecular weight excluding hydrogens is 196 g/mol. The molecule has 1 N–H and O–H groups in total. The third-order valence-electron chi connectivity index (χ3n) is 2.67. The highest BCUT2D eigenvalue weighted by atomic mass is 16.3. The number of phenols is 1. The van der Waals surface area contributed by atoms with E-state index in [0.29, 0.717) is 5.75 Å². The van der Waals surface area contributed by atoms with Crippen molar-refractivity contribution in [3.63, 3.8) is 0 Å². The van der Waals surface area contributed by atoms with Gasteiger partial charge in [0.15, 0.2) is 0 Å². The Bertz CT molecular complexity index is 421. The predicted octanol–water partition coefficient (Wildman–Crippen LogP) is 3.77. The fraction of sp³-hybridized carbons (Fsp3) is 0.200. The van der Waals surface area contributed by atoms with Crippen LogP contribution in [0.4, 0.5) is 0 Å². The quantitative estimate of drug-likeness (QED) is 0.808. The van der Waals surface area contributed by atoms with Gasteiger partial charge in [-0.25, -0.2) is 0 Å². The molecule has 1 aliphatic carbocycles. The van der Waals surface area contributed by atoms with Gasteiger partial charge < -0.3 is 5.11 Å². The highest BCUT2D eigenvalue weighted by molar-refractivity contribution is 5.30. The van der Waals surface area contributed by atoms with Crippen molar-refractivity contribution in [2.75, 3.05) is 0 Å². The first-order valence-corrected chi connectivity index (χ1v) is 5.65. The molecule has 0 radical (unpaired) electrons. The smallest absolute Gasteiger partial charge is 0.115 e. The zero-order chi connectivity index (χ0) is 11.2. The maximum atomic E-state index is 9.15. The second-order valence-electron chi connectivity index (χ2n) is 3.98. The van der Waals surface area contributed by atoms with Gasteiger partial charge in [0.25, 0.3) is 0 Å².